The van der Waals surface area contributed by atoms with E-state index in [1.54, 1.807) is 0 Å². The van der Waals surface area contributed by atoms with E-state index in [9.17, 15) is 9.59 Å². The van der Waals surface area contributed by atoms with Gasteiger partial charge in [-0.2, -0.15) is 0 Å². The molecule has 0 fully saturated rings. The van der Waals surface area contributed by atoms with Crippen LogP contribution in [0.4, 0.5) is 0 Å². The summed E-state index contributed by atoms with van der Waals surface area (Å²) in [5.74, 6) is -2.51. The molecule has 12 heavy (non-hydrogen) atoms. The minimum absolute atomic E-state index is 0.000000000000000222. The lowest BCUT2D eigenvalue weighted by Crippen LogP contribution is -2.18. The number of hydrogen-bond donors (Lipinski definition) is 4. The molecule has 0 aliphatic carbocycles. The molecule has 0 spiro atoms. The molecule has 0 bridgehead atoms. The van der Waals surface area contributed by atoms with Crippen molar-refractivity contribution >= 4 is 29.3 Å². The predicted molar refractivity (Wildman–Crippen MR) is 45.4 cm³/mol. The SMILES string of the molecule is NC(N)=S.O=C(O)C=CC(=O)O. The van der Waals surface area contributed by atoms with E-state index >= 15 is 0 Å². The second-order valence-electron chi connectivity index (χ2n) is 1.41. The van der Waals surface area contributed by atoms with Crippen molar-refractivity contribution in [1.82, 2.24) is 0 Å². The summed E-state index contributed by atoms with van der Waals surface area (Å²) in [7, 11) is 0. The van der Waals surface area contributed by atoms with Gasteiger partial charge in [-0.3, -0.25) is 0 Å². The van der Waals surface area contributed by atoms with Gasteiger partial charge in [0.1, 0.15) is 0 Å². The van der Waals surface area contributed by atoms with Crippen molar-refractivity contribution in [2.75, 3.05) is 0 Å². The Morgan fingerprint density at radius 3 is 1.33 bits per heavy atom. The lowest BCUT2D eigenvalue weighted by Gasteiger charge is -1.74. The average Bonchev–Trinajstić information content (AvgIpc) is 1.82. The van der Waals surface area contributed by atoms with Crippen molar-refractivity contribution < 1.29 is 19.8 Å². The Morgan fingerprint density at radius 1 is 1.08 bits per heavy atom. The number of thiocarbonyl (C=S) groups is 1. The monoisotopic (exact) mass is 192 g/mol. The van der Waals surface area contributed by atoms with Crippen molar-refractivity contribution in [3.8, 4) is 0 Å². The summed E-state index contributed by atoms with van der Waals surface area (Å²) in [6.07, 6.45) is 1.12. The summed E-state index contributed by atoms with van der Waals surface area (Å²) >= 11 is 4.09. The molecule has 0 aliphatic heterocycles. The highest BCUT2D eigenvalue weighted by Crippen LogP contribution is 1.70. The van der Waals surface area contributed by atoms with Crippen LogP contribution in [-0.2, 0) is 9.59 Å². The van der Waals surface area contributed by atoms with Gasteiger partial charge in [0.05, 0.1) is 0 Å². The molecule has 0 radical (unpaired) electrons. The van der Waals surface area contributed by atoms with E-state index in [1.807, 2.05) is 0 Å². The second-order valence-corrected chi connectivity index (χ2v) is 1.88. The predicted octanol–water partition coefficient (Wildman–Crippen LogP) is -1.10. The van der Waals surface area contributed by atoms with Gasteiger partial charge >= 0.3 is 11.9 Å². The van der Waals surface area contributed by atoms with Crippen LogP contribution in [0.1, 0.15) is 0 Å². The van der Waals surface area contributed by atoms with Crippen LogP contribution in [-0.4, -0.2) is 27.3 Å². The molecule has 68 valence electrons. The highest BCUT2D eigenvalue weighted by Gasteiger charge is 1.88. The van der Waals surface area contributed by atoms with Gasteiger partial charge in [-0.05, 0) is 12.2 Å². The maximum atomic E-state index is 9.55. The largest absolute Gasteiger partial charge is 0.478 e. The molecule has 7 heteroatoms. The highest BCUT2D eigenvalue weighted by atomic mass is 32.1. The number of carboxylic acids is 2. The van der Waals surface area contributed by atoms with Gasteiger partial charge in [-0.1, -0.05) is 0 Å². The van der Waals surface area contributed by atoms with E-state index in [2.05, 4.69) is 23.7 Å². The fraction of sp³-hybridized carbons (Fsp3) is 0. The van der Waals surface area contributed by atoms with Crippen molar-refractivity contribution in [3.05, 3.63) is 12.2 Å². The van der Waals surface area contributed by atoms with Gasteiger partial charge in [-0.15, -0.1) is 0 Å². The summed E-state index contributed by atoms with van der Waals surface area (Å²) in [5, 5.41) is 15.6. The van der Waals surface area contributed by atoms with Gasteiger partial charge < -0.3 is 21.7 Å². The zero-order valence-corrected chi connectivity index (χ0v) is 6.75. The topological polar surface area (TPSA) is 127 Å². The van der Waals surface area contributed by atoms with Gasteiger partial charge in [0.15, 0.2) is 5.11 Å². The highest BCUT2D eigenvalue weighted by molar-refractivity contribution is 7.80. The van der Waals surface area contributed by atoms with E-state index in [0.29, 0.717) is 12.2 Å². The number of nitrogens with two attached hydrogens (primary N) is 2. The second kappa shape index (κ2) is 7.48. The van der Waals surface area contributed by atoms with Crippen molar-refractivity contribution in [2.24, 2.45) is 11.5 Å². The molecule has 0 rings (SSSR count). The van der Waals surface area contributed by atoms with Gasteiger partial charge in [0, 0.05) is 12.2 Å². The van der Waals surface area contributed by atoms with E-state index < -0.39 is 11.9 Å². The van der Waals surface area contributed by atoms with Crippen LogP contribution in [0.25, 0.3) is 0 Å². The molecular formula is C5H8N2O4S. The first-order chi connectivity index (χ1) is 5.36. The summed E-state index contributed by atoms with van der Waals surface area (Å²) in [4.78, 5) is 19.1. The quantitative estimate of drug-likeness (QED) is 0.323. The van der Waals surface area contributed by atoms with Crippen molar-refractivity contribution in [1.29, 1.82) is 0 Å². The van der Waals surface area contributed by atoms with Gasteiger partial charge in [-0.25, -0.2) is 9.59 Å². The Balaban J connectivity index is 0. The van der Waals surface area contributed by atoms with Crippen molar-refractivity contribution in [2.45, 2.75) is 0 Å². The first-order valence-corrected chi connectivity index (χ1v) is 2.96. The Labute approximate surface area is 73.5 Å². The van der Waals surface area contributed by atoms with E-state index in [-0.39, 0.29) is 5.11 Å². The van der Waals surface area contributed by atoms with Crippen LogP contribution < -0.4 is 11.5 Å². The molecule has 0 heterocycles. The first kappa shape index (κ1) is 13.0. The lowest BCUT2D eigenvalue weighted by molar-refractivity contribution is -0.134. The summed E-state index contributed by atoms with van der Waals surface area (Å²) in [6.45, 7) is 0. The molecule has 0 aromatic rings. The molecule has 0 atom stereocenters. The van der Waals surface area contributed by atoms with Crippen LogP contribution in [0.3, 0.4) is 0 Å². The zero-order valence-electron chi connectivity index (χ0n) is 5.93. The molecule has 0 saturated heterocycles. The normalized spacial score (nSPS) is 8.33. The molecule has 0 amide bonds. The summed E-state index contributed by atoms with van der Waals surface area (Å²) < 4.78 is 0. The fourth-order valence-corrected chi connectivity index (χ4v) is 0.143. The first-order valence-electron chi connectivity index (χ1n) is 2.55. The number of carbonyl (C=O) groups is 2. The lowest BCUT2D eigenvalue weighted by atomic mass is 10.5. The van der Waals surface area contributed by atoms with Gasteiger partial charge in [0.25, 0.3) is 0 Å². The number of rotatable bonds is 2. The third-order valence-electron chi connectivity index (χ3n) is 0.368. The molecule has 0 unspecified atom stereocenters. The minimum Gasteiger partial charge on any atom is -0.478 e. The van der Waals surface area contributed by atoms with Crippen LogP contribution >= 0.6 is 12.2 Å². The maximum absolute atomic E-state index is 9.55. The molecule has 0 aliphatic rings. The van der Waals surface area contributed by atoms with Crippen LogP contribution in [0.2, 0.25) is 0 Å². The van der Waals surface area contributed by atoms with E-state index in [1.165, 1.54) is 0 Å². The minimum atomic E-state index is -1.26. The average molecular weight is 192 g/mol. The third kappa shape index (κ3) is 40.0. The van der Waals surface area contributed by atoms with Gasteiger partial charge in [0.2, 0.25) is 0 Å². The van der Waals surface area contributed by atoms with Crippen LogP contribution in [0.5, 0.6) is 0 Å². The molecule has 6 N–H and O–H groups in total. The van der Waals surface area contributed by atoms with Crippen LogP contribution in [0.15, 0.2) is 12.2 Å². The molecule has 0 aromatic carbocycles. The third-order valence-corrected chi connectivity index (χ3v) is 0.368. The number of hydrogen-bond acceptors (Lipinski definition) is 3. The van der Waals surface area contributed by atoms with E-state index in [4.69, 9.17) is 10.2 Å². The number of carboxylic acid groups (broad SMARTS) is 2. The standard InChI is InChI=1S/C4H4O4.CH4N2S/c5-3(6)1-2-4(7)8;2-1(3)4/h1-2H,(H,5,6)(H,7,8);(H4,2,3,4). The Bertz CT molecular complexity index is 193. The Hall–Kier alpha value is -1.63. The van der Waals surface area contributed by atoms with E-state index in [0.717, 1.165) is 0 Å². The molecule has 6 nitrogen and oxygen atoms in total. The number of aliphatic carboxylic acids is 2. The zero-order chi connectivity index (χ0) is 10.1. The fourth-order valence-electron chi connectivity index (χ4n) is 0.143. The molecular weight excluding hydrogens is 184 g/mol. The van der Waals surface area contributed by atoms with Crippen molar-refractivity contribution in [3.63, 3.8) is 0 Å². The Morgan fingerprint density at radius 2 is 1.25 bits per heavy atom. The van der Waals surface area contributed by atoms with Crippen LogP contribution in [0, 0.1) is 0 Å². The maximum Gasteiger partial charge on any atom is 0.328 e. The summed E-state index contributed by atoms with van der Waals surface area (Å²) in [6, 6.07) is 0. The molecule has 0 saturated carbocycles. The smallest absolute Gasteiger partial charge is 0.328 e. The Kier molecular flexibility index (Phi) is 8.10. The molecule has 0 aromatic heterocycles. The summed E-state index contributed by atoms with van der Waals surface area (Å²) in [5.41, 5.74) is 9.24.